The number of carbonyl (C=O) groups is 3. The summed E-state index contributed by atoms with van der Waals surface area (Å²) in [5.74, 6) is -2.11. The minimum absolute atomic E-state index is 0.179. The summed E-state index contributed by atoms with van der Waals surface area (Å²) >= 11 is 0. The summed E-state index contributed by atoms with van der Waals surface area (Å²) in [5, 5.41) is 9.33. The summed E-state index contributed by atoms with van der Waals surface area (Å²) in [5.41, 5.74) is 0.877. The molecule has 1 unspecified atom stereocenters. The second kappa shape index (κ2) is 6.39. The van der Waals surface area contributed by atoms with E-state index < -0.39 is 23.9 Å². The van der Waals surface area contributed by atoms with Gasteiger partial charge < -0.3 is 9.84 Å². The number of hydrogen-bond donors (Lipinski definition) is 1. The SMILES string of the molecule is CC(C)C(Oc1ccccc1N1C(=O)c2ccccc2C1=O)C(=O)O. The quantitative estimate of drug-likeness (QED) is 0.847. The van der Waals surface area contributed by atoms with E-state index in [1.165, 1.54) is 0 Å². The van der Waals surface area contributed by atoms with Crippen LogP contribution in [0.15, 0.2) is 48.5 Å². The number of carboxylic acids is 1. The molecular formula is C19H17NO5. The number of imide groups is 1. The second-order valence-corrected chi connectivity index (χ2v) is 6.08. The molecule has 1 atom stereocenters. The first-order valence-electron chi connectivity index (χ1n) is 7.88. The van der Waals surface area contributed by atoms with Crippen molar-refractivity contribution in [3.63, 3.8) is 0 Å². The summed E-state index contributed by atoms with van der Waals surface area (Å²) < 4.78 is 5.63. The maximum atomic E-state index is 12.6. The minimum atomic E-state index is -1.10. The normalized spacial score (nSPS) is 14.6. The van der Waals surface area contributed by atoms with Gasteiger partial charge in [-0.3, -0.25) is 9.59 Å². The van der Waals surface area contributed by atoms with Gasteiger partial charge in [0.25, 0.3) is 11.8 Å². The van der Waals surface area contributed by atoms with Gasteiger partial charge in [0.2, 0.25) is 0 Å². The number of rotatable bonds is 5. The van der Waals surface area contributed by atoms with E-state index in [-0.39, 0.29) is 17.4 Å². The van der Waals surface area contributed by atoms with Gasteiger partial charge in [0.05, 0.1) is 16.8 Å². The molecule has 1 heterocycles. The Bertz CT molecular complexity index is 823. The number of amides is 2. The van der Waals surface area contributed by atoms with Gasteiger partial charge in [0.1, 0.15) is 5.75 Å². The molecule has 0 aromatic heterocycles. The third-order valence-electron chi connectivity index (χ3n) is 4.00. The van der Waals surface area contributed by atoms with Crippen LogP contribution in [0.5, 0.6) is 5.75 Å². The average Bonchev–Trinajstić information content (AvgIpc) is 2.84. The molecule has 0 aliphatic carbocycles. The zero-order chi connectivity index (χ0) is 18.1. The highest BCUT2D eigenvalue weighted by atomic mass is 16.5. The molecule has 0 fully saturated rings. The number of hydrogen-bond acceptors (Lipinski definition) is 4. The van der Waals surface area contributed by atoms with Crippen LogP contribution in [-0.4, -0.2) is 29.0 Å². The number of nitrogens with zero attached hydrogens (tertiary/aromatic N) is 1. The van der Waals surface area contributed by atoms with Crippen molar-refractivity contribution in [2.24, 2.45) is 5.92 Å². The zero-order valence-electron chi connectivity index (χ0n) is 13.8. The summed E-state index contributed by atoms with van der Waals surface area (Å²) in [6, 6.07) is 13.0. The summed E-state index contributed by atoms with van der Waals surface area (Å²) in [6.45, 7) is 3.45. The van der Waals surface area contributed by atoms with Crippen molar-refractivity contribution in [3.05, 3.63) is 59.7 Å². The van der Waals surface area contributed by atoms with Crippen LogP contribution in [0, 0.1) is 5.92 Å². The monoisotopic (exact) mass is 339 g/mol. The Balaban J connectivity index is 2.01. The van der Waals surface area contributed by atoms with Crippen molar-refractivity contribution in [2.75, 3.05) is 4.90 Å². The molecule has 0 spiro atoms. The van der Waals surface area contributed by atoms with Crippen LogP contribution in [-0.2, 0) is 4.79 Å². The van der Waals surface area contributed by atoms with E-state index in [4.69, 9.17) is 4.74 Å². The van der Waals surface area contributed by atoms with Crippen LogP contribution >= 0.6 is 0 Å². The molecule has 1 aliphatic heterocycles. The van der Waals surface area contributed by atoms with E-state index >= 15 is 0 Å². The molecule has 1 N–H and O–H groups in total. The van der Waals surface area contributed by atoms with Crippen LogP contribution in [0.25, 0.3) is 0 Å². The first kappa shape index (κ1) is 16.7. The fraction of sp³-hybridized carbons (Fsp3) is 0.211. The summed E-state index contributed by atoms with van der Waals surface area (Å²) in [7, 11) is 0. The molecule has 2 aromatic rings. The fourth-order valence-corrected chi connectivity index (χ4v) is 2.76. The Morgan fingerprint density at radius 1 is 0.960 bits per heavy atom. The van der Waals surface area contributed by atoms with E-state index in [1.54, 1.807) is 62.4 Å². The van der Waals surface area contributed by atoms with Gasteiger partial charge >= 0.3 is 5.97 Å². The third-order valence-corrected chi connectivity index (χ3v) is 4.00. The number of ether oxygens (including phenoxy) is 1. The maximum Gasteiger partial charge on any atom is 0.345 e. The van der Waals surface area contributed by atoms with E-state index in [0.29, 0.717) is 11.1 Å². The lowest BCUT2D eigenvalue weighted by Gasteiger charge is -2.23. The molecule has 25 heavy (non-hydrogen) atoms. The molecule has 1 aliphatic rings. The van der Waals surface area contributed by atoms with Gasteiger partial charge in [0.15, 0.2) is 6.10 Å². The molecule has 128 valence electrons. The lowest BCUT2D eigenvalue weighted by molar-refractivity contribution is -0.147. The van der Waals surface area contributed by atoms with Gasteiger partial charge in [-0.1, -0.05) is 38.1 Å². The van der Waals surface area contributed by atoms with E-state index in [2.05, 4.69) is 0 Å². The molecule has 2 aromatic carbocycles. The molecule has 6 heteroatoms. The molecule has 3 rings (SSSR count). The molecule has 0 radical (unpaired) electrons. The first-order chi connectivity index (χ1) is 11.9. The molecule has 2 amide bonds. The Labute approximate surface area is 144 Å². The summed E-state index contributed by atoms with van der Waals surface area (Å²) in [6.07, 6.45) is -1.09. The lowest BCUT2D eigenvalue weighted by atomic mass is 10.1. The highest BCUT2D eigenvalue weighted by Gasteiger charge is 2.38. The van der Waals surface area contributed by atoms with Crippen LogP contribution in [0.3, 0.4) is 0 Å². The smallest absolute Gasteiger partial charge is 0.345 e. The van der Waals surface area contributed by atoms with Gasteiger partial charge in [-0.15, -0.1) is 0 Å². The number of fused-ring (bicyclic) bond motifs is 1. The predicted octanol–water partition coefficient (Wildman–Crippen LogP) is 2.98. The van der Waals surface area contributed by atoms with Crippen molar-refractivity contribution in [1.29, 1.82) is 0 Å². The molecule has 6 nitrogen and oxygen atoms in total. The largest absolute Gasteiger partial charge is 0.478 e. The highest BCUT2D eigenvalue weighted by molar-refractivity contribution is 6.34. The predicted molar refractivity (Wildman–Crippen MR) is 90.9 cm³/mol. The number of carboxylic acid groups (broad SMARTS) is 1. The van der Waals surface area contributed by atoms with Crippen molar-refractivity contribution in [3.8, 4) is 5.75 Å². The maximum absolute atomic E-state index is 12.6. The second-order valence-electron chi connectivity index (χ2n) is 6.08. The van der Waals surface area contributed by atoms with Gasteiger partial charge in [-0.05, 0) is 24.3 Å². The lowest BCUT2D eigenvalue weighted by Crippen LogP contribution is -2.34. The van der Waals surface area contributed by atoms with Crippen LogP contribution in [0.2, 0.25) is 0 Å². The average molecular weight is 339 g/mol. The van der Waals surface area contributed by atoms with Gasteiger partial charge in [-0.25, -0.2) is 9.69 Å². The Hall–Kier alpha value is -3.15. The van der Waals surface area contributed by atoms with Crippen molar-refractivity contribution in [2.45, 2.75) is 20.0 Å². The van der Waals surface area contributed by atoms with Crippen molar-refractivity contribution < 1.29 is 24.2 Å². The topological polar surface area (TPSA) is 83.9 Å². The molecule has 0 saturated carbocycles. The Morgan fingerprint density at radius 3 is 2.00 bits per heavy atom. The first-order valence-corrected chi connectivity index (χ1v) is 7.88. The fourth-order valence-electron chi connectivity index (χ4n) is 2.76. The molecular weight excluding hydrogens is 322 g/mol. The number of anilines is 1. The molecule has 0 bridgehead atoms. The van der Waals surface area contributed by atoms with Crippen LogP contribution < -0.4 is 9.64 Å². The molecule has 0 saturated heterocycles. The van der Waals surface area contributed by atoms with Gasteiger partial charge in [-0.2, -0.15) is 0 Å². The standard InChI is InChI=1S/C19H17NO5/c1-11(2)16(19(23)24)25-15-10-6-5-9-14(15)20-17(21)12-7-3-4-8-13(12)18(20)22/h3-11,16H,1-2H3,(H,23,24). The zero-order valence-corrected chi connectivity index (χ0v) is 13.8. The number of carbonyl (C=O) groups excluding carboxylic acids is 2. The Morgan fingerprint density at radius 2 is 1.48 bits per heavy atom. The number of aliphatic carboxylic acids is 1. The third kappa shape index (κ3) is 2.87. The van der Waals surface area contributed by atoms with Crippen LogP contribution in [0.4, 0.5) is 5.69 Å². The highest BCUT2D eigenvalue weighted by Crippen LogP contribution is 2.35. The van der Waals surface area contributed by atoms with Crippen molar-refractivity contribution in [1.82, 2.24) is 0 Å². The van der Waals surface area contributed by atoms with Gasteiger partial charge in [0, 0.05) is 5.92 Å². The van der Waals surface area contributed by atoms with E-state index in [1.807, 2.05) is 0 Å². The van der Waals surface area contributed by atoms with Crippen molar-refractivity contribution >= 4 is 23.5 Å². The summed E-state index contributed by atoms with van der Waals surface area (Å²) in [4.78, 5) is 37.7. The van der Waals surface area contributed by atoms with Crippen LogP contribution in [0.1, 0.15) is 34.6 Å². The Kier molecular flexibility index (Phi) is 4.27. The van der Waals surface area contributed by atoms with E-state index in [9.17, 15) is 19.5 Å². The van der Waals surface area contributed by atoms with E-state index in [0.717, 1.165) is 4.90 Å². The number of para-hydroxylation sites is 2. The minimum Gasteiger partial charge on any atom is -0.478 e. The number of benzene rings is 2.